The van der Waals surface area contributed by atoms with Crippen LogP contribution in [0.4, 0.5) is 5.95 Å². The summed E-state index contributed by atoms with van der Waals surface area (Å²) in [6.45, 7) is 3.57. The fourth-order valence-electron chi connectivity index (χ4n) is 2.91. The summed E-state index contributed by atoms with van der Waals surface area (Å²) in [6.07, 6.45) is 1.87. The first-order valence-corrected chi connectivity index (χ1v) is 6.33. The van der Waals surface area contributed by atoms with Crippen molar-refractivity contribution in [2.75, 3.05) is 18.0 Å². The first-order chi connectivity index (χ1) is 8.15. The first-order valence-electron chi connectivity index (χ1n) is 5.95. The van der Waals surface area contributed by atoms with Gasteiger partial charge in [-0.1, -0.05) is 11.6 Å². The molecule has 6 heteroatoms. The van der Waals surface area contributed by atoms with Crippen LogP contribution < -0.4 is 4.90 Å². The van der Waals surface area contributed by atoms with Crippen molar-refractivity contribution in [3.05, 3.63) is 10.8 Å². The predicted molar refractivity (Wildman–Crippen MR) is 64.0 cm³/mol. The van der Waals surface area contributed by atoms with Gasteiger partial charge in [-0.25, -0.2) is 4.98 Å². The Morgan fingerprint density at radius 1 is 1.29 bits per heavy atom. The minimum atomic E-state index is -0.161. The van der Waals surface area contributed by atoms with Gasteiger partial charge in [-0.15, -0.1) is 10.2 Å². The quantitative estimate of drug-likeness (QED) is 0.811. The number of aryl methyl sites for hydroxylation is 1. The van der Waals surface area contributed by atoms with E-state index < -0.39 is 0 Å². The Morgan fingerprint density at radius 2 is 2.12 bits per heavy atom. The van der Waals surface area contributed by atoms with Crippen LogP contribution in [0.3, 0.4) is 0 Å². The lowest BCUT2D eigenvalue weighted by Crippen LogP contribution is -2.26. The lowest BCUT2D eigenvalue weighted by atomic mass is 10.00. The molecule has 0 unspecified atom stereocenters. The van der Waals surface area contributed by atoms with Crippen molar-refractivity contribution in [2.45, 2.75) is 25.9 Å². The molecule has 0 spiro atoms. The molecule has 1 saturated heterocycles. The molecule has 1 aliphatic carbocycles. The van der Waals surface area contributed by atoms with Gasteiger partial charge in [0.25, 0.3) is 0 Å². The molecule has 2 fully saturated rings. The summed E-state index contributed by atoms with van der Waals surface area (Å²) in [6, 6.07) is 0. The number of hydrogen-bond donors (Lipinski definition) is 1. The van der Waals surface area contributed by atoms with Crippen LogP contribution in [-0.4, -0.2) is 39.5 Å². The van der Waals surface area contributed by atoms with Crippen LogP contribution in [0.15, 0.2) is 0 Å². The third kappa shape index (κ3) is 1.87. The van der Waals surface area contributed by atoms with Gasteiger partial charge in [-0.3, -0.25) is 0 Å². The summed E-state index contributed by atoms with van der Waals surface area (Å²) < 4.78 is 0. The van der Waals surface area contributed by atoms with Gasteiger partial charge >= 0.3 is 0 Å². The molecule has 3 rings (SSSR count). The molecule has 1 saturated carbocycles. The third-order valence-electron chi connectivity index (χ3n) is 3.90. The fraction of sp³-hybridized carbons (Fsp3) is 0.727. The van der Waals surface area contributed by atoms with Crippen molar-refractivity contribution in [1.82, 2.24) is 15.2 Å². The molecule has 0 bridgehead atoms. The smallest absolute Gasteiger partial charge is 0.245 e. The Morgan fingerprint density at radius 3 is 2.82 bits per heavy atom. The number of aromatic nitrogens is 3. The standard InChI is InChI=1S/C11H15ClN4O/c1-6-10(12)14-15-11(13-6)16-4-7-2-3-9(17)8(7)5-16/h7-9,17H,2-5H2,1H3/t7-,8+,9+/m0/s1. The average molecular weight is 255 g/mol. The van der Waals surface area contributed by atoms with Crippen LogP contribution in [0.1, 0.15) is 18.5 Å². The van der Waals surface area contributed by atoms with Gasteiger partial charge < -0.3 is 10.0 Å². The summed E-state index contributed by atoms with van der Waals surface area (Å²) >= 11 is 5.81. The van der Waals surface area contributed by atoms with Gasteiger partial charge in [0.15, 0.2) is 5.15 Å². The molecule has 1 aliphatic heterocycles. The van der Waals surface area contributed by atoms with Crippen molar-refractivity contribution in [1.29, 1.82) is 0 Å². The number of nitrogens with zero attached hydrogens (tertiary/aromatic N) is 4. The van der Waals surface area contributed by atoms with Crippen LogP contribution in [0.25, 0.3) is 0 Å². The van der Waals surface area contributed by atoms with Crippen molar-refractivity contribution >= 4 is 17.5 Å². The number of rotatable bonds is 1. The van der Waals surface area contributed by atoms with E-state index in [4.69, 9.17) is 11.6 Å². The van der Waals surface area contributed by atoms with E-state index in [-0.39, 0.29) is 6.10 Å². The second-order valence-electron chi connectivity index (χ2n) is 4.96. The summed E-state index contributed by atoms with van der Waals surface area (Å²) in [5, 5.41) is 18.1. The van der Waals surface area contributed by atoms with E-state index in [1.54, 1.807) is 0 Å². The highest BCUT2D eigenvalue weighted by Crippen LogP contribution is 2.39. The van der Waals surface area contributed by atoms with E-state index in [1.807, 2.05) is 6.92 Å². The van der Waals surface area contributed by atoms with Gasteiger partial charge in [0.1, 0.15) is 0 Å². The Balaban J connectivity index is 1.80. The topological polar surface area (TPSA) is 62.1 Å². The zero-order valence-electron chi connectivity index (χ0n) is 9.67. The Bertz CT molecular complexity index is 441. The zero-order chi connectivity index (χ0) is 12.0. The second-order valence-corrected chi connectivity index (χ2v) is 5.32. The summed E-state index contributed by atoms with van der Waals surface area (Å²) in [5.41, 5.74) is 0.703. The maximum absolute atomic E-state index is 9.86. The highest BCUT2D eigenvalue weighted by Gasteiger charge is 2.42. The van der Waals surface area contributed by atoms with Gasteiger partial charge in [-0.2, -0.15) is 0 Å². The van der Waals surface area contributed by atoms with Gasteiger partial charge in [0.05, 0.1) is 11.8 Å². The SMILES string of the molecule is Cc1nc(N2C[C@@H]3CC[C@@H](O)[C@@H]3C2)nnc1Cl. The number of aliphatic hydroxyl groups excluding tert-OH is 1. The highest BCUT2D eigenvalue weighted by atomic mass is 35.5. The number of halogens is 1. The maximum atomic E-state index is 9.86. The molecule has 0 radical (unpaired) electrons. The summed E-state index contributed by atoms with van der Waals surface area (Å²) in [7, 11) is 0. The van der Waals surface area contributed by atoms with Crippen LogP contribution in [-0.2, 0) is 0 Å². The van der Waals surface area contributed by atoms with E-state index in [2.05, 4.69) is 20.1 Å². The predicted octanol–water partition coefficient (Wildman–Crippen LogP) is 1.04. The van der Waals surface area contributed by atoms with Crippen LogP contribution in [0, 0.1) is 18.8 Å². The minimum absolute atomic E-state index is 0.161. The van der Waals surface area contributed by atoms with E-state index in [0.29, 0.717) is 28.6 Å². The third-order valence-corrected chi connectivity index (χ3v) is 4.24. The van der Waals surface area contributed by atoms with E-state index >= 15 is 0 Å². The first kappa shape index (κ1) is 11.2. The Kier molecular flexibility index (Phi) is 2.67. The summed E-state index contributed by atoms with van der Waals surface area (Å²) in [5.74, 6) is 1.58. The largest absolute Gasteiger partial charge is 0.393 e. The fourth-order valence-corrected chi connectivity index (χ4v) is 2.99. The zero-order valence-corrected chi connectivity index (χ0v) is 10.4. The van der Waals surface area contributed by atoms with E-state index in [9.17, 15) is 5.11 Å². The lowest BCUT2D eigenvalue weighted by molar-refractivity contribution is 0.133. The molecule has 1 N–H and O–H groups in total. The van der Waals surface area contributed by atoms with Crippen LogP contribution in [0.2, 0.25) is 5.15 Å². The molecule has 0 amide bonds. The van der Waals surface area contributed by atoms with Gasteiger partial charge in [0.2, 0.25) is 5.95 Å². The van der Waals surface area contributed by atoms with Gasteiger partial charge in [-0.05, 0) is 25.7 Å². The van der Waals surface area contributed by atoms with E-state index in [0.717, 1.165) is 25.9 Å². The molecule has 2 heterocycles. The molecule has 3 atom stereocenters. The number of anilines is 1. The maximum Gasteiger partial charge on any atom is 0.245 e. The molecule has 1 aromatic heterocycles. The molecular formula is C11H15ClN4O. The summed E-state index contributed by atoms with van der Waals surface area (Å²) in [4.78, 5) is 6.45. The minimum Gasteiger partial charge on any atom is -0.393 e. The Labute approximate surface area is 105 Å². The molecule has 17 heavy (non-hydrogen) atoms. The average Bonchev–Trinajstić information content (AvgIpc) is 2.86. The van der Waals surface area contributed by atoms with Crippen molar-refractivity contribution in [2.24, 2.45) is 11.8 Å². The molecule has 2 aliphatic rings. The Hall–Kier alpha value is -0.940. The van der Waals surface area contributed by atoms with Crippen LogP contribution in [0.5, 0.6) is 0 Å². The molecule has 92 valence electrons. The van der Waals surface area contributed by atoms with Crippen LogP contribution >= 0.6 is 11.6 Å². The second kappa shape index (κ2) is 4.07. The number of hydrogen-bond acceptors (Lipinski definition) is 5. The normalized spacial score (nSPS) is 31.9. The van der Waals surface area contributed by atoms with Crippen molar-refractivity contribution < 1.29 is 5.11 Å². The van der Waals surface area contributed by atoms with Gasteiger partial charge in [0, 0.05) is 19.0 Å². The van der Waals surface area contributed by atoms with Crippen molar-refractivity contribution in [3.8, 4) is 0 Å². The molecule has 5 nitrogen and oxygen atoms in total. The highest BCUT2D eigenvalue weighted by molar-refractivity contribution is 6.29. The molecule has 0 aromatic carbocycles. The monoisotopic (exact) mass is 254 g/mol. The van der Waals surface area contributed by atoms with E-state index in [1.165, 1.54) is 0 Å². The molecule has 1 aromatic rings. The molecular weight excluding hydrogens is 240 g/mol. The number of aliphatic hydroxyl groups is 1. The van der Waals surface area contributed by atoms with Crippen molar-refractivity contribution in [3.63, 3.8) is 0 Å². The lowest BCUT2D eigenvalue weighted by Gasteiger charge is -2.17. The number of fused-ring (bicyclic) bond motifs is 1.